The second-order valence-corrected chi connectivity index (χ2v) is 6.87. The van der Waals surface area contributed by atoms with Crippen LogP contribution in [0.3, 0.4) is 0 Å². The lowest BCUT2D eigenvalue weighted by atomic mass is 9.96. The fourth-order valence-corrected chi connectivity index (χ4v) is 4.35. The molecule has 2 aliphatic heterocycles. The van der Waals surface area contributed by atoms with Gasteiger partial charge in [-0.3, -0.25) is 14.8 Å². The number of hydrogen-bond acceptors (Lipinski definition) is 5. The van der Waals surface area contributed by atoms with Crippen molar-refractivity contribution in [1.82, 2.24) is 29.9 Å². The van der Waals surface area contributed by atoms with Gasteiger partial charge in [0.05, 0.1) is 23.3 Å². The molecule has 0 N–H and O–H groups in total. The summed E-state index contributed by atoms with van der Waals surface area (Å²) in [5.41, 5.74) is 2.27. The fourth-order valence-electron chi connectivity index (χ4n) is 4.35. The van der Waals surface area contributed by atoms with Crippen molar-refractivity contribution in [3.8, 4) is 0 Å². The predicted molar refractivity (Wildman–Crippen MR) is 90.8 cm³/mol. The van der Waals surface area contributed by atoms with Gasteiger partial charge in [0, 0.05) is 36.2 Å². The highest BCUT2D eigenvalue weighted by Crippen LogP contribution is 2.41. The average molecular weight is 334 g/mol. The molecule has 2 saturated heterocycles. The molecule has 1 amide bonds. The second-order valence-electron chi connectivity index (χ2n) is 6.87. The SMILES string of the molecule is O=C(c1ccc2nccnc2c1)N1C2CCC1CC(n1ccnn1)C2. The van der Waals surface area contributed by atoms with E-state index in [1.165, 1.54) is 0 Å². The third-order valence-electron chi connectivity index (χ3n) is 5.47. The van der Waals surface area contributed by atoms with Crippen LogP contribution < -0.4 is 0 Å². The van der Waals surface area contributed by atoms with Crippen molar-refractivity contribution in [1.29, 1.82) is 0 Å². The van der Waals surface area contributed by atoms with Gasteiger partial charge in [-0.1, -0.05) is 5.21 Å². The van der Waals surface area contributed by atoms with Crippen LogP contribution in [0.25, 0.3) is 11.0 Å². The van der Waals surface area contributed by atoms with Crippen molar-refractivity contribution >= 4 is 16.9 Å². The molecule has 126 valence electrons. The monoisotopic (exact) mass is 334 g/mol. The summed E-state index contributed by atoms with van der Waals surface area (Å²) in [5.74, 6) is 0.108. The van der Waals surface area contributed by atoms with Gasteiger partial charge in [0.1, 0.15) is 0 Å². The number of aromatic nitrogens is 5. The van der Waals surface area contributed by atoms with Gasteiger partial charge in [-0.25, -0.2) is 4.68 Å². The molecule has 4 heterocycles. The summed E-state index contributed by atoms with van der Waals surface area (Å²) in [5, 5.41) is 8.06. The zero-order chi connectivity index (χ0) is 16.8. The number of benzene rings is 1. The molecule has 25 heavy (non-hydrogen) atoms. The van der Waals surface area contributed by atoms with Crippen molar-refractivity contribution in [3.05, 3.63) is 48.5 Å². The van der Waals surface area contributed by atoms with Gasteiger partial charge in [0.2, 0.25) is 0 Å². The summed E-state index contributed by atoms with van der Waals surface area (Å²) in [4.78, 5) is 23.8. The number of carbonyl (C=O) groups excluding carboxylic acids is 1. The summed E-state index contributed by atoms with van der Waals surface area (Å²) in [6.07, 6.45) is 11.0. The zero-order valence-corrected chi connectivity index (χ0v) is 13.7. The Morgan fingerprint density at radius 2 is 1.72 bits per heavy atom. The molecule has 2 unspecified atom stereocenters. The molecular formula is C18H18N6O. The number of hydrogen-bond donors (Lipinski definition) is 0. The number of fused-ring (bicyclic) bond motifs is 3. The third-order valence-corrected chi connectivity index (χ3v) is 5.47. The first kappa shape index (κ1) is 14.5. The lowest BCUT2D eigenvalue weighted by Crippen LogP contribution is -2.47. The van der Waals surface area contributed by atoms with Crippen LogP contribution in [0.15, 0.2) is 43.0 Å². The van der Waals surface area contributed by atoms with E-state index in [9.17, 15) is 4.79 Å². The van der Waals surface area contributed by atoms with Crippen LogP contribution in [0, 0.1) is 0 Å². The molecule has 2 aromatic heterocycles. The lowest BCUT2D eigenvalue weighted by Gasteiger charge is -2.38. The van der Waals surface area contributed by atoms with Gasteiger partial charge < -0.3 is 4.90 Å². The zero-order valence-electron chi connectivity index (χ0n) is 13.7. The Kier molecular flexibility index (Phi) is 3.26. The molecule has 0 spiro atoms. The van der Waals surface area contributed by atoms with Crippen LogP contribution in [0.4, 0.5) is 0 Å². The molecule has 7 heteroatoms. The van der Waals surface area contributed by atoms with E-state index in [1.54, 1.807) is 18.6 Å². The first-order chi connectivity index (χ1) is 12.3. The Labute approximate surface area is 144 Å². The summed E-state index contributed by atoms with van der Waals surface area (Å²) < 4.78 is 1.94. The predicted octanol–water partition coefficient (Wildman–Crippen LogP) is 2.23. The van der Waals surface area contributed by atoms with Crippen LogP contribution in [0.2, 0.25) is 0 Å². The summed E-state index contributed by atoms with van der Waals surface area (Å²) in [7, 11) is 0. The summed E-state index contributed by atoms with van der Waals surface area (Å²) >= 11 is 0. The van der Waals surface area contributed by atoms with Gasteiger partial charge in [0.15, 0.2) is 0 Å². The Balaban J connectivity index is 1.42. The molecule has 2 atom stereocenters. The van der Waals surface area contributed by atoms with Crippen LogP contribution in [-0.4, -0.2) is 47.9 Å². The van der Waals surface area contributed by atoms with Crippen LogP contribution >= 0.6 is 0 Å². The van der Waals surface area contributed by atoms with Crippen molar-refractivity contribution in [2.75, 3.05) is 0 Å². The van der Waals surface area contributed by atoms with Crippen molar-refractivity contribution in [2.45, 2.75) is 43.8 Å². The standard InChI is InChI=1S/C18H18N6O/c25-18(12-1-4-16-17(9-12)20-6-5-19-16)24-13-2-3-14(24)11-15(10-13)23-8-7-21-22-23/h1,4-9,13-15H,2-3,10-11H2. The minimum atomic E-state index is 0.108. The largest absolute Gasteiger partial charge is 0.333 e. The van der Waals surface area contributed by atoms with E-state index in [4.69, 9.17) is 0 Å². The van der Waals surface area contributed by atoms with Gasteiger partial charge in [0.25, 0.3) is 5.91 Å². The highest BCUT2D eigenvalue weighted by Gasteiger charge is 2.44. The summed E-state index contributed by atoms with van der Waals surface area (Å²) in [6.45, 7) is 0. The highest BCUT2D eigenvalue weighted by molar-refractivity contribution is 5.97. The maximum absolute atomic E-state index is 13.1. The van der Waals surface area contributed by atoms with Crippen LogP contribution in [0.5, 0.6) is 0 Å². The summed E-state index contributed by atoms with van der Waals surface area (Å²) in [6, 6.07) is 6.48. The molecular weight excluding hydrogens is 316 g/mol. The Hall–Kier alpha value is -2.83. The third kappa shape index (κ3) is 2.38. The minimum Gasteiger partial charge on any atom is -0.333 e. The average Bonchev–Trinajstić information content (AvgIpc) is 3.27. The molecule has 2 aliphatic rings. The fraction of sp³-hybridized carbons (Fsp3) is 0.389. The maximum atomic E-state index is 13.1. The second kappa shape index (κ2) is 5.61. The van der Waals surface area contributed by atoms with Crippen molar-refractivity contribution < 1.29 is 4.79 Å². The normalized spacial score (nSPS) is 25.4. The number of rotatable bonds is 2. The van der Waals surface area contributed by atoms with Gasteiger partial charge in [-0.2, -0.15) is 0 Å². The van der Waals surface area contributed by atoms with E-state index in [2.05, 4.69) is 25.2 Å². The topological polar surface area (TPSA) is 76.8 Å². The molecule has 7 nitrogen and oxygen atoms in total. The molecule has 5 rings (SSSR count). The first-order valence-electron chi connectivity index (χ1n) is 8.69. The number of amides is 1. The molecule has 0 aliphatic carbocycles. The quantitative estimate of drug-likeness (QED) is 0.718. The van der Waals surface area contributed by atoms with E-state index in [0.717, 1.165) is 36.7 Å². The van der Waals surface area contributed by atoms with E-state index >= 15 is 0 Å². The van der Waals surface area contributed by atoms with E-state index in [1.807, 2.05) is 29.1 Å². The van der Waals surface area contributed by atoms with Gasteiger partial charge in [-0.05, 0) is 43.9 Å². The molecule has 2 fully saturated rings. The molecule has 3 aromatic rings. The number of nitrogens with zero attached hydrogens (tertiary/aromatic N) is 6. The molecule has 2 bridgehead atoms. The lowest BCUT2D eigenvalue weighted by molar-refractivity contribution is 0.0523. The van der Waals surface area contributed by atoms with Gasteiger partial charge >= 0.3 is 0 Å². The highest BCUT2D eigenvalue weighted by atomic mass is 16.2. The maximum Gasteiger partial charge on any atom is 0.254 e. The Morgan fingerprint density at radius 1 is 0.960 bits per heavy atom. The Morgan fingerprint density at radius 3 is 2.44 bits per heavy atom. The molecule has 1 aromatic carbocycles. The number of piperidine rings is 1. The first-order valence-corrected chi connectivity index (χ1v) is 8.69. The van der Waals surface area contributed by atoms with Crippen molar-refractivity contribution in [2.24, 2.45) is 0 Å². The smallest absolute Gasteiger partial charge is 0.254 e. The minimum absolute atomic E-state index is 0.108. The van der Waals surface area contributed by atoms with E-state index in [-0.39, 0.29) is 18.0 Å². The molecule has 0 saturated carbocycles. The van der Waals surface area contributed by atoms with E-state index in [0.29, 0.717) is 11.6 Å². The number of carbonyl (C=O) groups is 1. The van der Waals surface area contributed by atoms with Gasteiger partial charge in [-0.15, -0.1) is 5.10 Å². The Bertz CT molecular complexity index is 910. The van der Waals surface area contributed by atoms with E-state index < -0.39 is 0 Å². The van der Waals surface area contributed by atoms with Crippen molar-refractivity contribution in [3.63, 3.8) is 0 Å². The molecule has 0 radical (unpaired) electrons. The van der Waals surface area contributed by atoms with Crippen LogP contribution in [0.1, 0.15) is 42.1 Å². The van der Waals surface area contributed by atoms with Crippen LogP contribution in [-0.2, 0) is 0 Å².